The van der Waals surface area contributed by atoms with E-state index in [4.69, 9.17) is 5.73 Å². The number of nitrogens with two attached hydrogens (primary N) is 1. The number of hydrogen-bond acceptors (Lipinski definition) is 4. The summed E-state index contributed by atoms with van der Waals surface area (Å²) >= 11 is 0. The number of amides is 2. The maximum atomic E-state index is 12.6. The lowest BCUT2D eigenvalue weighted by Crippen LogP contribution is -2.40. The lowest BCUT2D eigenvalue weighted by Gasteiger charge is -2.29. The molecule has 0 aromatic heterocycles. The molecule has 112 valence electrons. The molecule has 2 N–H and O–H groups in total. The number of hydrogen-bond donors (Lipinski definition) is 1. The van der Waals surface area contributed by atoms with E-state index in [1.807, 2.05) is 0 Å². The highest BCUT2D eigenvalue weighted by Crippen LogP contribution is 2.36. The van der Waals surface area contributed by atoms with Crippen LogP contribution < -0.4 is 5.73 Å². The molecule has 1 fully saturated rings. The van der Waals surface area contributed by atoms with Crippen LogP contribution in [0.5, 0.6) is 0 Å². The Balaban J connectivity index is 2.08. The number of carbonyl (C=O) groups excluding carboxylic acids is 2. The molecule has 1 heterocycles. The average Bonchev–Trinajstić information content (AvgIpc) is 2.66. The predicted molar refractivity (Wildman–Crippen MR) is 75.2 cm³/mol. The van der Waals surface area contributed by atoms with E-state index in [-0.39, 0.29) is 22.1 Å². The fraction of sp³-hybridized carbons (Fsp3) is 0.429. The van der Waals surface area contributed by atoms with Crippen molar-refractivity contribution in [3.05, 3.63) is 29.3 Å². The van der Waals surface area contributed by atoms with Crippen molar-refractivity contribution in [1.29, 1.82) is 0 Å². The molecule has 0 unspecified atom stereocenters. The molecule has 0 bridgehead atoms. The Labute approximate surface area is 123 Å². The zero-order valence-electron chi connectivity index (χ0n) is 11.4. The molecule has 21 heavy (non-hydrogen) atoms. The number of benzene rings is 1. The molecule has 7 heteroatoms. The van der Waals surface area contributed by atoms with Crippen molar-refractivity contribution in [2.75, 3.05) is 0 Å². The molecule has 1 aliphatic heterocycles. The predicted octanol–water partition coefficient (Wildman–Crippen LogP) is 1.26. The van der Waals surface area contributed by atoms with Gasteiger partial charge in [-0.25, -0.2) is 12.7 Å². The topological polar surface area (TPSA) is 97.5 Å². The fourth-order valence-corrected chi connectivity index (χ4v) is 4.92. The number of fused-ring (bicyclic) bond motifs is 1. The first kappa shape index (κ1) is 14.1. The van der Waals surface area contributed by atoms with Crippen LogP contribution in [-0.4, -0.2) is 30.6 Å². The van der Waals surface area contributed by atoms with Crippen LogP contribution in [0.3, 0.4) is 0 Å². The molecular formula is C14H16N2O4S. The Kier molecular flexibility index (Phi) is 3.24. The van der Waals surface area contributed by atoms with Crippen molar-refractivity contribution < 1.29 is 18.0 Å². The van der Waals surface area contributed by atoms with Gasteiger partial charge in [0.25, 0.3) is 15.9 Å². The zero-order valence-corrected chi connectivity index (χ0v) is 12.2. The number of nitrogens with zero attached hydrogens (tertiary/aromatic N) is 1. The first-order chi connectivity index (χ1) is 9.93. The van der Waals surface area contributed by atoms with Gasteiger partial charge in [-0.15, -0.1) is 0 Å². The quantitative estimate of drug-likeness (QED) is 0.889. The van der Waals surface area contributed by atoms with Crippen molar-refractivity contribution in [3.63, 3.8) is 0 Å². The Morgan fingerprint density at radius 2 is 1.86 bits per heavy atom. The molecular weight excluding hydrogens is 292 g/mol. The van der Waals surface area contributed by atoms with Crippen LogP contribution in [0.1, 0.15) is 52.8 Å². The first-order valence-corrected chi connectivity index (χ1v) is 8.39. The monoisotopic (exact) mass is 308 g/mol. The molecule has 1 saturated carbocycles. The molecule has 6 nitrogen and oxygen atoms in total. The summed E-state index contributed by atoms with van der Waals surface area (Å²) < 4.78 is 26.2. The van der Waals surface area contributed by atoms with E-state index >= 15 is 0 Å². The van der Waals surface area contributed by atoms with Gasteiger partial charge in [0.2, 0.25) is 5.91 Å². The van der Waals surface area contributed by atoms with E-state index in [1.54, 1.807) is 0 Å². The summed E-state index contributed by atoms with van der Waals surface area (Å²) in [5.41, 5.74) is 5.40. The fourth-order valence-electron chi connectivity index (χ4n) is 3.08. The maximum absolute atomic E-state index is 12.6. The second-order valence-electron chi connectivity index (χ2n) is 5.47. The first-order valence-electron chi connectivity index (χ1n) is 6.95. The SMILES string of the molecule is NC(=O)c1ccc2c(c1)S(=O)(=O)N(C1CCCCC1)C2=O. The summed E-state index contributed by atoms with van der Waals surface area (Å²) in [6, 6.07) is 3.69. The Hall–Kier alpha value is -1.89. The van der Waals surface area contributed by atoms with E-state index in [0.717, 1.165) is 23.6 Å². The third-order valence-corrected chi connectivity index (χ3v) is 6.02. The number of rotatable bonds is 2. The summed E-state index contributed by atoms with van der Waals surface area (Å²) in [7, 11) is -3.88. The zero-order chi connectivity index (χ0) is 15.2. The van der Waals surface area contributed by atoms with Crippen molar-refractivity contribution in [1.82, 2.24) is 4.31 Å². The lowest BCUT2D eigenvalue weighted by molar-refractivity contribution is 0.0809. The van der Waals surface area contributed by atoms with Gasteiger partial charge in [0, 0.05) is 11.6 Å². The largest absolute Gasteiger partial charge is 0.366 e. The highest BCUT2D eigenvalue weighted by molar-refractivity contribution is 7.90. The van der Waals surface area contributed by atoms with Gasteiger partial charge in [-0.1, -0.05) is 19.3 Å². The molecule has 0 spiro atoms. The van der Waals surface area contributed by atoms with E-state index in [2.05, 4.69) is 0 Å². The minimum absolute atomic E-state index is 0.0932. The van der Waals surface area contributed by atoms with E-state index < -0.39 is 21.8 Å². The van der Waals surface area contributed by atoms with Gasteiger partial charge in [0.05, 0.1) is 5.56 Å². The van der Waals surface area contributed by atoms with Crippen LogP contribution >= 0.6 is 0 Å². The summed E-state index contributed by atoms with van der Waals surface area (Å²) in [4.78, 5) is 23.5. The molecule has 3 rings (SSSR count). The number of primary amides is 1. The average molecular weight is 308 g/mol. The summed E-state index contributed by atoms with van der Waals surface area (Å²) in [6.45, 7) is 0. The number of sulfonamides is 1. The smallest absolute Gasteiger partial charge is 0.269 e. The molecule has 0 atom stereocenters. The van der Waals surface area contributed by atoms with Crippen LogP contribution in [0.2, 0.25) is 0 Å². The molecule has 0 radical (unpaired) electrons. The van der Waals surface area contributed by atoms with E-state index in [9.17, 15) is 18.0 Å². The minimum Gasteiger partial charge on any atom is -0.366 e. The van der Waals surface area contributed by atoms with Crippen LogP contribution in [0.15, 0.2) is 23.1 Å². The van der Waals surface area contributed by atoms with Crippen molar-refractivity contribution in [2.24, 2.45) is 5.73 Å². The van der Waals surface area contributed by atoms with Crippen LogP contribution in [0.25, 0.3) is 0 Å². The molecule has 2 aliphatic rings. The van der Waals surface area contributed by atoms with Crippen molar-refractivity contribution in [2.45, 2.75) is 43.0 Å². The molecule has 1 aromatic rings. The van der Waals surface area contributed by atoms with Gasteiger partial charge in [-0.05, 0) is 31.0 Å². The third-order valence-electron chi connectivity index (χ3n) is 4.14. The molecule has 1 aromatic carbocycles. The third kappa shape index (κ3) is 2.12. The second-order valence-corrected chi connectivity index (χ2v) is 7.26. The molecule has 0 saturated heterocycles. The highest BCUT2D eigenvalue weighted by atomic mass is 32.2. The highest BCUT2D eigenvalue weighted by Gasteiger charge is 2.45. The van der Waals surface area contributed by atoms with Gasteiger partial charge in [-0.3, -0.25) is 9.59 Å². The molecule has 2 amide bonds. The maximum Gasteiger partial charge on any atom is 0.269 e. The summed E-state index contributed by atoms with van der Waals surface area (Å²) in [6.07, 6.45) is 4.31. The Morgan fingerprint density at radius 1 is 1.19 bits per heavy atom. The van der Waals surface area contributed by atoms with Crippen molar-refractivity contribution >= 4 is 21.8 Å². The van der Waals surface area contributed by atoms with E-state index in [1.165, 1.54) is 18.2 Å². The van der Waals surface area contributed by atoms with Gasteiger partial charge in [-0.2, -0.15) is 0 Å². The van der Waals surface area contributed by atoms with Gasteiger partial charge < -0.3 is 5.73 Å². The van der Waals surface area contributed by atoms with Crippen LogP contribution in [0.4, 0.5) is 0 Å². The van der Waals surface area contributed by atoms with Gasteiger partial charge in [0.1, 0.15) is 4.90 Å². The second kappa shape index (κ2) is 4.84. The molecule has 1 aliphatic carbocycles. The van der Waals surface area contributed by atoms with Crippen molar-refractivity contribution in [3.8, 4) is 0 Å². The summed E-state index contributed by atoms with van der Waals surface area (Å²) in [5.74, 6) is -1.20. The van der Waals surface area contributed by atoms with E-state index in [0.29, 0.717) is 12.8 Å². The van der Waals surface area contributed by atoms with Crippen LogP contribution in [-0.2, 0) is 10.0 Å². The van der Waals surface area contributed by atoms with Gasteiger partial charge in [0.15, 0.2) is 0 Å². The Morgan fingerprint density at radius 3 is 2.48 bits per heavy atom. The summed E-state index contributed by atoms with van der Waals surface area (Å²) in [5, 5.41) is 0. The Bertz CT molecular complexity index is 720. The lowest BCUT2D eigenvalue weighted by atomic mass is 9.95. The number of carbonyl (C=O) groups is 2. The standard InChI is InChI=1S/C14H16N2O4S/c15-13(17)9-6-7-11-12(8-9)21(19,20)16(14(11)18)10-4-2-1-3-5-10/h6-8,10H,1-5H2,(H2,15,17). The minimum atomic E-state index is -3.88. The van der Waals surface area contributed by atoms with Crippen LogP contribution in [0, 0.1) is 0 Å². The normalized spacial score (nSPS) is 21.3. The van der Waals surface area contributed by atoms with Gasteiger partial charge >= 0.3 is 0 Å².